The summed E-state index contributed by atoms with van der Waals surface area (Å²) in [5.41, 5.74) is 8.01. The number of piperidine rings is 1. The molecular weight excluding hydrogens is 463 g/mol. The topological polar surface area (TPSA) is 113 Å². The fourth-order valence-corrected chi connectivity index (χ4v) is 3.72. The minimum absolute atomic E-state index is 0. The van der Waals surface area contributed by atoms with Crippen LogP contribution in [-0.2, 0) is 0 Å². The van der Waals surface area contributed by atoms with Gasteiger partial charge in [-0.15, -0.1) is 24.8 Å². The van der Waals surface area contributed by atoms with E-state index in [0.29, 0.717) is 16.8 Å². The van der Waals surface area contributed by atoms with Crippen LogP contribution in [0.2, 0.25) is 0 Å². The molecule has 0 aromatic carbocycles. The van der Waals surface area contributed by atoms with Crippen molar-refractivity contribution in [3.63, 3.8) is 0 Å². The lowest BCUT2D eigenvalue weighted by Crippen LogP contribution is -2.48. The molecule has 1 fully saturated rings. The first-order valence-electron chi connectivity index (χ1n) is 10.4. The zero-order chi connectivity index (χ0) is 22.2. The van der Waals surface area contributed by atoms with E-state index in [4.69, 9.17) is 10.5 Å². The Kier molecular flexibility index (Phi) is 8.20. The number of hydrogen-bond donors (Lipinski definition) is 2. The highest BCUT2D eigenvalue weighted by molar-refractivity contribution is 5.86. The Morgan fingerprint density at radius 1 is 1.24 bits per heavy atom. The van der Waals surface area contributed by atoms with Gasteiger partial charge in [-0.2, -0.15) is 10.4 Å². The van der Waals surface area contributed by atoms with E-state index in [-0.39, 0.29) is 37.0 Å². The van der Waals surface area contributed by atoms with Gasteiger partial charge in [0, 0.05) is 36.0 Å². The molecule has 3 aromatic rings. The highest BCUT2D eigenvalue weighted by atomic mass is 35.5. The van der Waals surface area contributed by atoms with E-state index in [1.165, 1.54) is 6.20 Å². The molecular formula is C23H30Cl2N6O2. The van der Waals surface area contributed by atoms with Crippen molar-refractivity contribution >= 4 is 36.1 Å². The Balaban J connectivity index is 0.00000193. The molecule has 1 aliphatic heterocycles. The van der Waals surface area contributed by atoms with Gasteiger partial charge in [-0.1, -0.05) is 0 Å². The van der Waals surface area contributed by atoms with E-state index < -0.39 is 5.60 Å². The highest BCUT2D eigenvalue weighted by Crippen LogP contribution is 2.32. The number of fused-ring (bicyclic) bond motifs is 1. The number of ether oxygens (including phenoxy) is 1. The summed E-state index contributed by atoms with van der Waals surface area (Å²) in [4.78, 5) is 6.93. The third kappa shape index (κ3) is 6.06. The summed E-state index contributed by atoms with van der Waals surface area (Å²) in [6.45, 7) is 7.36. The quantitative estimate of drug-likeness (QED) is 0.559. The van der Waals surface area contributed by atoms with E-state index in [2.05, 4.69) is 28.0 Å². The second-order valence-electron chi connectivity index (χ2n) is 9.20. The van der Waals surface area contributed by atoms with E-state index in [1.54, 1.807) is 24.6 Å². The van der Waals surface area contributed by atoms with Gasteiger partial charge >= 0.3 is 0 Å². The van der Waals surface area contributed by atoms with Gasteiger partial charge in [0.1, 0.15) is 24.2 Å². The first kappa shape index (κ1) is 26.7. The van der Waals surface area contributed by atoms with E-state index >= 15 is 0 Å². The summed E-state index contributed by atoms with van der Waals surface area (Å²) in [5, 5.41) is 23.8. The van der Waals surface area contributed by atoms with Crippen LogP contribution in [-0.4, -0.2) is 50.5 Å². The molecule has 0 atom stereocenters. The van der Waals surface area contributed by atoms with Gasteiger partial charge in [-0.25, -0.2) is 9.50 Å². The standard InChI is InChI=1S/C23H28N6O2.2ClH/c1-22(2,30)15-31-18-10-19(21-17(11-24)13-27-29(21)14-18)16-4-5-20(26-12-16)28-8-6-23(3,25)7-9-28;;/h4-5,10,12-14,30H,6-9,15,25H2,1-3H3;2*1H. The molecule has 0 spiro atoms. The molecule has 1 saturated heterocycles. The van der Waals surface area contributed by atoms with Gasteiger partial charge in [-0.05, 0) is 51.8 Å². The molecule has 0 bridgehead atoms. The molecule has 178 valence electrons. The van der Waals surface area contributed by atoms with Gasteiger partial charge in [-0.3, -0.25) is 0 Å². The van der Waals surface area contributed by atoms with Crippen LogP contribution in [0.4, 0.5) is 5.82 Å². The molecule has 4 heterocycles. The number of anilines is 1. The Morgan fingerprint density at radius 2 is 1.94 bits per heavy atom. The van der Waals surface area contributed by atoms with Gasteiger partial charge in [0.25, 0.3) is 0 Å². The van der Waals surface area contributed by atoms with Crippen LogP contribution in [0.15, 0.2) is 36.8 Å². The third-order valence-corrected chi connectivity index (χ3v) is 5.59. The highest BCUT2D eigenvalue weighted by Gasteiger charge is 2.26. The van der Waals surface area contributed by atoms with Crippen LogP contribution in [0.1, 0.15) is 39.2 Å². The number of aliphatic hydroxyl groups is 1. The summed E-state index contributed by atoms with van der Waals surface area (Å²) in [7, 11) is 0. The fraction of sp³-hybridized carbons (Fsp3) is 0.435. The number of nitriles is 1. The molecule has 10 heteroatoms. The summed E-state index contributed by atoms with van der Waals surface area (Å²) in [6, 6.07) is 8.06. The normalized spacial score (nSPS) is 15.3. The lowest BCUT2D eigenvalue weighted by atomic mass is 9.91. The molecule has 3 aromatic heterocycles. The van der Waals surface area contributed by atoms with Crippen LogP contribution >= 0.6 is 24.8 Å². The van der Waals surface area contributed by atoms with Crippen molar-refractivity contribution in [3.8, 4) is 22.9 Å². The summed E-state index contributed by atoms with van der Waals surface area (Å²) in [6.07, 6.45) is 6.93. The SMILES string of the molecule is CC(C)(O)COc1cc(-c2ccc(N3CCC(C)(N)CC3)nc2)c2c(C#N)cnn2c1.Cl.Cl. The van der Waals surface area contributed by atoms with Crippen molar-refractivity contribution in [1.82, 2.24) is 14.6 Å². The third-order valence-electron chi connectivity index (χ3n) is 5.59. The van der Waals surface area contributed by atoms with Crippen molar-refractivity contribution in [2.24, 2.45) is 5.73 Å². The zero-order valence-electron chi connectivity index (χ0n) is 19.0. The van der Waals surface area contributed by atoms with Crippen molar-refractivity contribution in [3.05, 3.63) is 42.4 Å². The van der Waals surface area contributed by atoms with Gasteiger partial charge in [0.05, 0.1) is 29.1 Å². The molecule has 8 nitrogen and oxygen atoms in total. The molecule has 0 unspecified atom stereocenters. The number of rotatable bonds is 5. The van der Waals surface area contributed by atoms with Gasteiger partial charge < -0.3 is 20.5 Å². The Morgan fingerprint density at radius 3 is 2.52 bits per heavy atom. The summed E-state index contributed by atoms with van der Waals surface area (Å²) < 4.78 is 7.42. The predicted octanol–water partition coefficient (Wildman–Crippen LogP) is 3.58. The Bertz CT molecular complexity index is 1120. The number of aromatic nitrogens is 3. The van der Waals surface area contributed by atoms with Crippen LogP contribution in [0.3, 0.4) is 0 Å². The van der Waals surface area contributed by atoms with Crippen LogP contribution in [0.5, 0.6) is 5.75 Å². The van der Waals surface area contributed by atoms with E-state index in [0.717, 1.165) is 42.9 Å². The summed E-state index contributed by atoms with van der Waals surface area (Å²) >= 11 is 0. The van der Waals surface area contributed by atoms with Crippen LogP contribution < -0.4 is 15.4 Å². The molecule has 4 rings (SSSR count). The van der Waals surface area contributed by atoms with Crippen molar-refractivity contribution in [2.75, 3.05) is 24.6 Å². The molecule has 1 aliphatic rings. The minimum atomic E-state index is -0.964. The molecule has 0 amide bonds. The lowest BCUT2D eigenvalue weighted by molar-refractivity contribution is 0.0283. The Labute approximate surface area is 206 Å². The summed E-state index contributed by atoms with van der Waals surface area (Å²) in [5.74, 6) is 1.47. The average molecular weight is 493 g/mol. The average Bonchev–Trinajstić information content (AvgIpc) is 3.14. The molecule has 0 radical (unpaired) electrons. The van der Waals surface area contributed by atoms with Crippen LogP contribution in [0, 0.1) is 11.3 Å². The largest absolute Gasteiger partial charge is 0.489 e. The maximum Gasteiger partial charge on any atom is 0.138 e. The molecule has 3 N–H and O–H groups in total. The van der Waals surface area contributed by atoms with Crippen molar-refractivity contribution in [2.45, 2.75) is 44.8 Å². The van der Waals surface area contributed by atoms with Gasteiger partial charge in [0.15, 0.2) is 0 Å². The van der Waals surface area contributed by atoms with Gasteiger partial charge in [0.2, 0.25) is 0 Å². The Hall–Kier alpha value is -2.57. The number of halogens is 2. The van der Waals surface area contributed by atoms with E-state index in [1.807, 2.05) is 24.4 Å². The second kappa shape index (κ2) is 10.1. The minimum Gasteiger partial charge on any atom is -0.489 e. The number of nitrogens with zero attached hydrogens (tertiary/aromatic N) is 5. The first-order valence-corrected chi connectivity index (χ1v) is 10.4. The first-order chi connectivity index (χ1) is 14.6. The maximum absolute atomic E-state index is 9.99. The monoisotopic (exact) mass is 492 g/mol. The van der Waals surface area contributed by atoms with Crippen molar-refractivity contribution < 1.29 is 9.84 Å². The number of pyridine rings is 2. The molecule has 33 heavy (non-hydrogen) atoms. The molecule has 0 saturated carbocycles. The predicted molar refractivity (Wildman–Crippen MR) is 133 cm³/mol. The second-order valence-corrected chi connectivity index (χ2v) is 9.20. The number of nitrogens with two attached hydrogens (primary N) is 1. The van der Waals surface area contributed by atoms with E-state index in [9.17, 15) is 10.4 Å². The lowest BCUT2D eigenvalue weighted by Gasteiger charge is -2.37. The van der Waals surface area contributed by atoms with Crippen molar-refractivity contribution in [1.29, 1.82) is 5.26 Å². The molecule has 0 aliphatic carbocycles. The smallest absolute Gasteiger partial charge is 0.138 e. The zero-order valence-corrected chi connectivity index (χ0v) is 20.6. The maximum atomic E-state index is 9.99. The van der Waals surface area contributed by atoms with Crippen LogP contribution in [0.25, 0.3) is 16.6 Å². The number of hydrogen-bond acceptors (Lipinski definition) is 7. The fourth-order valence-electron chi connectivity index (χ4n) is 3.72.